The van der Waals surface area contributed by atoms with Crippen molar-refractivity contribution in [1.29, 1.82) is 0 Å². The summed E-state index contributed by atoms with van der Waals surface area (Å²) in [5.41, 5.74) is 2.09. The maximum absolute atomic E-state index is 13.0. The van der Waals surface area contributed by atoms with Gasteiger partial charge < -0.3 is 5.11 Å². The molecule has 5 nitrogen and oxygen atoms in total. The molecule has 0 radical (unpaired) electrons. The number of Topliss-reactive ketones (excluding diaryl/α,β-unsaturated/α-hetero) is 1. The highest BCUT2D eigenvalue weighted by Crippen LogP contribution is 2.41. The number of aromatic nitrogens is 1. The monoisotopic (exact) mass is 404 g/mol. The number of carbonyl (C=O) groups excluding carboxylic acids is 2. The summed E-state index contributed by atoms with van der Waals surface area (Å²) in [7, 11) is 0. The van der Waals surface area contributed by atoms with E-state index in [0.29, 0.717) is 22.0 Å². The Bertz CT molecular complexity index is 1120. The molecule has 6 heteroatoms. The van der Waals surface area contributed by atoms with E-state index in [-0.39, 0.29) is 11.3 Å². The zero-order valence-corrected chi connectivity index (χ0v) is 16.3. The highest BCUT2D eigenvalue weighted by atomic mass is 35.5. The van der Waals surface area contributed by atoms with E-state index in [4.69, 9.17) is 11.6 Å². The number of aliphatic hydroxyl groups excluding tert-OH is 1. The van der Waals surface area contributed by atoms with E-state index in [2.05, 4.69) is 4.98 Å². The van der Waals surface area contributed by atoms with Crippen LogP contribution in [0, 0.1) is 6.92 Å². The fourth-order valence-corrected chi connectivity index (χ4v) is 3.62. The van der Waals surface area contributed by atoms with Crippen LogP contribution in [0.2, 0.25) is 5.02 Å². The molecule has 2 heterocycles. The lowest BCUT2D eigenvalue weighted by atomic mass is 9.95. The number of hydrogen-bond donors (Lipinski definition) is 1. The van der Waals surface area contributed by atoms with Gasteiger partial charge in [0, 0.05) is 16.8 Å². The second-order valence-electron chi connectivity index (χ2n) is 6.78. The van der Waals surface area contributed by atoms with Crippen LogP contribution in [0.3, 0.4) is 0 Å². The summed E-state index contributed by atoms with van der Waals surface area (Å²) in [6.07, 6.45) is 1.55. The number of pyridine rings is 1. The molecule has 1 atom stereocenters. The summed E-state index contributed by atoms with van der Waals surface area (Å²) in [6, 6.07) is 18.2. The van der Waals surface area contributed by atoms with Crippen molar-refractivity contribution in [3.63, 3.8) is 0 Å². The molecule has 0 unspecified atom stereocenters. The van der Waals surface area contributed by atoms with Gasteiger partial charge in [0.05, 0.1) is 11.6 Å². The van der Waals surface area contributed by atoms with Crippen LogP contribution in [0.1, 0.15) is 22.7 Å². The fraction of sp³-hybridized carbons (Fsp3) is 0.0870. The Kier molecular flexibility index (Phi) is 4.91. The van der Waals surface area contributed by atoms with E-state index in [0.717, 1.165) is 5.56 Å². The van der Waals surface area contributed by atoms with Crippen LogP contribution >= 0.6 is 11.6 Å². The van der Waals surface area contributed by atoms with Crippen molar-refractivity contribution in [2.45, 2.75) is 13.0 Å². The van der Waals surface area contributed by atoms with E-state index < -0.39 is 17.7 Å². The Hall–Kier alpha value is -3.44. The number of rotatable bonds is 3. The smallest absolute Gasteiger partial charge is 0.301 e. The van der Waals surface area contributed by atoms with Gasteiger partial charge in [-0.2, -0.15) is 0 Å². The number of benzene rings is 2. The van der Waals surface area contributed by atoms with Gasteiger partial charge in [-0.15, -0.1) is 0 Å². The van der Waals surface area contributed by atoms with E-state index in [1.807, 2.05) is 19.1 Å². The number of ketones is 1. The molecule has 1 N–H and O–H groups in total. The lowest BCUT2D eigenvalue weighted by Gasteiger charge is -2.24. The van der Waals surface area contributed by atoms with Crippen LogP contribution in [0.4, 0.5) is 5.82 Å². The van der Waals surface area contributed by atoms with Crippen molar-refractivity contribution in [2.75, 3.05) is 4.90 Å². The van der Waals surface area contributed by atoms with Gasteiger partial charge in [-0.05, 0) is 36.8 Å². The molecule has 1 amide bonds. The topological polar surface area (TPSA) is 70.5 Å². The minimum atomic E-state index is -0.843. The molecule has 0 spiro atoms. The molecule has 3 aromatic rings. The summed E-state index contributed by atoms with van der Waals surface area (Å²) in [4.78, 5) is 31.4. The Labute approximate surface area is 172 Å². The maximum Gasteiger partial charge on any atom is 0.301 e. The number of halogens is 1. The van der Waals surface area contributed by atoms with Gasteiger partial charge in [-0.3, -0.25) is 14.5 Å². The predicted molar refractivity (Wildman–Crippen MR) is 112 cm³/mol. The molecule has 4 rings (SSSR count). The van der Waals surface area contributed by atoms with E-state index in [9.17, 15) is 14.7 Å². The van der Waals surface area contributed by atoms with Crippen LogP contribution < -0.4 is 4.90 Å². The summed E-state index contributed by atoms with van der Waals surface area (Å²) >= 11 is 6.17. The molecule has 1 saturated heterocycles. The first-order valence-corrected chi connectivity index (χ1v) is 9.39. The Morgan fingerprint density at radius 3 is 2.45 bits per heavy atom. The van der Waals surface area contributed by atoms with E-state index in [1.54, 1.807) is 60.8 Å². The molecular weight excluding hydrogens is 388 g/mol. The molecule has 29 heavy (non-hydrogen) atoms. The molecule has 144 valence electrons. The number of aryl methyl sites for hydroxylation is 1. The van der Waals surface area contributed by atoms with Gasteiger partial charge in [0.2, 0.25) is 0 Å². The third-order valence-electron chi connectivity index (χ3n) is 4.83. The van der Waals surface area contributed by atoms with Gasteiger partial charge in [0.25, 0.3) is 5.78 Å². The number of hydrogen-bond acceptors (Lipinski definition) is 4. The molecule has 1 aromatic heterocycles. The van der Waals surface area contributed by atoms with Gasteiger partial charge in [0.15, 0.2) is 0 Å². The quantitative estimate of drug-likeness (QED) is 0.391. The maximum atomic E-state index is 13.0. The zero-order chi connectivity index (χ0) is 20.5. The van der Waals surface area contributed by atoms with Crippen LogP contribution in [0.25, 0.3) is 5.76 Å². The number of carbonyl (C=O) groups is 2. The predicted octanol–water partition coefficient (Wildman–Crippen LogP) is 4.67. The highest BCUT2D eigenvalue weighted by molar-refractivity contribution is 6.51. The zero-order valence-electron chi connectivity index (χ0n) is 15.5. The standard InChI is InChI=1S/C23H17ClN2O3/c1-14-8-10-15(11-9-14)21(27)19-20(16-5-4-6-17(24)13-16)26(23(29)22(19)28)18-7-2-3-12-25-18/h2-13,20,27H,1H3/t20-/m1/s1. The molecule has 0 bridgehead atoms. The van der Waals surface area contributed by atoms with Crippen molar-refractivity contribution in [2.24, 2.45) is 0 Å². The van der Waals surface area contributed by atoms with Gasteiger partial charge in [-0.25, -0.2) is 4.98 Å². The molecule has 1 aliphatic heterocycles. The number of anilines is 1. The van der Waals surface area contributed by atoms with Crippen molar-refractivity contribution in [1.82, 2.24) is 4.98 Å². The van der Waals surface area contributed by atoms with E-state index in [1.165, 1.54) is 4.90 Å². The first-order chi connectivity index (χ1) is 14.0. The lowest BCUT2D eigenvalue weighted by Crippen LogP contribution is -2.30. The third-order valence-corrected chi connectivity index (χ3v) is 5.07. The van der Waals surface area contributed by atoms with E-state index >= 15 is 0 Å². The summed E-state index contributed by atoms with van der Waals surface area (Å²) in [6.45, 7) is 1.93. The SMILES string of the molecule is Cc1ccc(C(O)=C2C(=O)C(=O)N(c3ccccn3)[C@@H]2c2cccc(Cl)c2)cc1. The summed E-state index contributed by atoms with van der Waals surface area (Å²) < 4.78 is 0. The number of aliphatic hydroxyl groups is 1. The van der Waals surface area contributed by atoms with Gasteiger partial charge in [-0.1, -0.05) is 59.6 Å². The van der Waals surface area contributed by atoms with Crippen LogP contribution in [-0.2, 0) is 9.59 Å². The minimum absolute atomic E-state index is 0.00627. The molecule has 1 fully saturated rings. The van der Waals surface area contributed by atoms with Gasteiger partial charge in [0.1, 0.15) is 11.6 Å². The second-order valence-corrected chi connectivity index (χ2v) is 7.21. The van der Waals surface area contributed by atoms with Crippen molar-refractivity contribution in [3.8, 4) is 0 Å². The number of nitrogens with zero attached hydrogens (tertiary/aromatic N) is 2. The third kappa shape index (κ3) is 3.41. The molecule has 1 aliphatic rings. The van der Waals surface area contributed by atoms with Gasteiger partial charge >= 0.3 is 5.91 Å². The van der Waals surface area contributed by atoms with Crippen molar-refractivity contribution >= 4 is 34.9 Å². The number of amides is 1. The first kappa shape index (κ1) is 18.9. The van der Waals surface area contributed by atoms with Crippen LogP contribution in [0.5, 0.6) is 0 Å². The highest BCUT2D eigenvalue weighted by Gasteiger charge is 2.47. The molecular formula is C23H17ClN2O3. The van der Waals surface area contributed by atoms with Crippen LogP contribution in [0.15, 0.2) is 78.5 Å². The normalized spacial score (nSPS) is 18.3. The average molecular weight is 405 g/mol. The molecule has 0 saturated carbocycles. The Morgan fingerprint density at radius 2 is 1.79 bits per heavy atom. The first-order valence-electron chi connectivity index (χ1n) is 9.02. The molecule has 2 aromatic carbocycles. The molecule has 0 aliphatic carbocycles. The summed E-state index contributed by atoms with van der Waals surface area (Å²) in [5.74, 6) is -1.42. The van der Waals surface area contributed by atoms with Crippen molar-refractivity contribution in [3.05, 3.63) is 100 Å². The van der Waals surface area contributed by atoms with Crippen molar-refractivity contribution < 1.29 is 14.7 Å². The second kappa shape index (κ2) is 7.53. The summed E-state index contributed by atoms with van der Waals surface area (Å²) in [5, 5.41) is 11.5. The van der Waals surface area contributed by atoms with Crippen LogP contribution in [-0.4, -0.2) is 21.8 Å². The average Bonchev–Trinajstić information content (AvgIpc) is 2.99. The Balaban J connectivity index is 1.95. The minimum Gasteiger partial charge on any atom is -0.507 e. The largest absolute Gasteiger partial charge is 0.507 e. The Morgan fingerprint density at radius 1 is 1.03 bits per heavy atom. The fourth-order valence-electron chi connectivity index (χ4n) is 3.42. The lowest BCUT2D eigenvalue weighted by molar-refractivity contribution is -0.132.